The van der Waals surface area contributed by atoms with Crippen molar-refractivity contribution >= 4 is 5.97 Å². The van der Waals surface area contributed by atoms with Crippen molar-refractivity contribution in [2.45, 2.75) is 5.54 Å². The van der Waals surface area contributed by atoms with Crippen molar-refractivity contribution < 1.29 is 9.90 Å². The van der Waals surface area contributed by atoms with Crippen LogP contribution in [-0.4, -0.2) is 26.1 Å². The summed E-state index contributed by atoms with van der Waals surface area (Å²) in [7, 11) is 0. The lowest BCUT2D eigenvalue weighted by atomic mass is 9.77. The second-order valence-corrected chi connectivity index (χ2v) is 6.13. The zero-order valence-electron chi connectivity index (χ0n) is 14.4. The molecule has 0 aliphatic heterocycles. The first-order chi connectivity index (χ1) is 13.2. The lowest BCUT2D eigenvalue weighted by molar-refractivity contribution is 0.0689. The monoisotopic (exact) mass is 355 g/mol. The molecular formula is C22H17N3O2. The molecule has 0 bridgehead atoms. The fourth-order valence-corrected chi connectivity index (χ4v) is 3.41. The standard InChI is InChI=1S/C22H17N3O2/c26-21(27)20-16-23-25(24-20)22(17-10-4-1-5-11-17,18-12-6-2-7-13-18)19-14-8-3-9-15-19/h1-16H,(H,26,27). The van der Waals surface area contributed by atoms with Crippen molar-refractivity contribution in [3.05, 3.63) is 120 Å². The quantitative estimate of drug-likeness (QED) is 0.553. The van der Waals surface area contributed by atoms with Gasteiger partial charge >= 0.3 is 5.97 Å². The molecule has 1 aromatic heterocycles. The van der Waals surface area contributed by atoms with Crippen LogP contribution >= 0.6 is 0 Å². The summed E-state index contributed by atoms with van der Waals surface area (Å²) in [6, 6.07) is 29.6. The minimum absolute atomic E-state index is 0.0952. The third kappa shape index (κ3) is 2.79. The van der Waals surface area contributed by atoms with Crippen molar-refractivity contribution in [1.82, 2.24) is 15.0 Å². The van der Waals surface area contributed by atoms with Gasteiger partial charge in [0.15, 0.2) is 11.2 Å². The van der Waals surface area contributed by atoms with Gasteiger partial charge in [-0.3, -0.25) is 0 Å². The summed E-state index contributed by atoms with van der Waals surface area (Å²) in [5, 5.41) is 18.0. The van der Waals surface area contributed by atoms with Crippen LogP contribution in [0.5, 0.6) is 0 Å². The van der Waals surface area contributed by atoms with Crippen LogP contribution in [0.2, 0.25) is 0 Å². The zero-order valence-corrected chi connectivity index (χ0v) is 14.4. The Morgan fingerprint density at radius 2 is 1.15 bits per heavy atom. The van der Waals surface area contributed by atoms with Crippen molar-refractivity contribution in [3.8, 4) is 0 Å². The topological polar surface area (TPSA) is 68.0 Å². The molecule has 3 aromatic carbocycles. The lowest BCUT2D eigenvalue weighted by Gasteiger charge is -2.34. The number of carbonyl (C=O) groups is 1. The number of carboxylic acids is 1. The maximum Gasteiger partial charge on any atom is 0.358 e. The minimum Gasteiger partial charge on any atom is -0.476 e. The number of aromatic nitrogens is 3. The van der Waals surface area contributed by atoms with Crippen LogP contribution in [0.25, 0.3) is 0 Å². The second kappa shape index (κ2) is 6.88. The third-order valence-corrected chi connectivity index (χ3v) is 4.59. The highest BCUT2D eigenvalue weighted by molar-refractivity contribution is 5.84. The number of aromatic carboxylic acids is 1. The van der Waals surface area contributed by atoms with Gasteiger partial charge < -0.3 is 5.11 Å². The Kier molecular flexibility index (Phi) is 4.26. The minimum atomic E-state index is -1.11. The molecule has 0 aliphatic carbocycles. The van der Waals surface area contributed by atoms with Crippen molar-refractivity contribution in [2.24, 2.45) is 0 Å². The molecule has 5 heteroatoms. The van der Waals surface area contributed by atoms with Crippen LogP contribution < -0.4 is 0 Å². The predicted molar refractivity (Wildman–Crippen MR) is 102 cm³/mol. The molecule has 132 valence electrons. The van der Waals surface area contributed by atoms with Crippen LogP contribution in [0.15, 0.2) is 97.2 Å². The molecule has 0 radical (unpaired) electrons. The average molecular weight is 355 g/mol. The van der Waals surface area contributed by atoms with Gasteiger partial charge in [0, 0.05) is 0 Å². The van der Waals surface area contributed by atoms with E-state index in [9.17, 15) is 9.90 Å². The van der Waals surface area contributed by atoms with Gasteiger partial charge in [-0.15, -0.1) is 5.10 Å². The molecule has 4 aromatic rings. The van der Waals surface area contributed by atoms with E-state index in [0.717, 1.165) is 16.7 Å². The first-order valence-electron chi connectivity index (χ1n) is 8.55. The Hall–Kier alpha value is -3.73. The van der Waals surface area contributed by atoms with E-state index in [1.54, 1.807) is 0 Å². The normalized spacial score (nSPS) is 11.3. The van der Waals surface area contributed by atoms with Gasteiger partial charge in [0.2, 0.25) is 0 Å². The van der Waals surface area contributed by atoms with Crippen LogP contribution in [0.4, 0.5) is 0 Å². The number of benzene rings is 3. The molecule has 1 N–H and O–H groups in total. The van der Waals surface area contributed by atoms with E-state index in [-0.39, 0.29) is 5.69 Å². The smallest absolute Gasteiger partial charge is 0.358 e. The number of nitrogens with zero attached hydrogens (tertiary/aromatic N) is 3. The molecule has 27 heavy (non-hydrogen) atoms. The highest BCUT2D eigenvalue weighted by Crippen LogP contribution is 2.39. The molecule has 1 heterocycles. The Morgan fingerprint density at radius 1 is 0.741 bits per heavy atom. The van der Waals surface area contributed by atoms with E-state index >= 15 is 0 Å². The number of rotatable bonds is 5. The summed E-state index contributed by atoms with van der Waals surface area (Å²) in [6.45, 7) is 0. The lowest BCUT2D eigenvalue weighted by Crippen LogP contribution is -2.39. The molecule has 4 rings (SSSR count). The predicted octanol–water partition coefficient (Wildman–Crippen LogP) is 3.82. The third-order valence-electron chi connectivity index (χ3n) is 4.59. The van der Waals surface area contributed by atoms with Gasteiger partial charge in [0.25, 0.3) is 0 Å². The molecule has 0 amide bonds. The van der Waals surface area contributed by atoms with Gasteiger partial charge in [0.1, 0.15) is 0 Å². The summed E-state index contributed by atoms with van der Waals surface area (Å²) in [6.07, 6.45) is 1.28. The van der Waals surface area contributed by atoms with Crippen LogP contribution in [-0.2, 0) is 5.54 Å². The summed E-state index contributed by atoms with van der Waals surface area (Å²) in [5.41, 5.74) is 1.83. The first-order valence-corrected chi connectivity index (χ1v) is 8.55. The molecule has 0 saturated heterocycles. The van der Waals surface area contributed by atoms with Gasteiger partial charge in [-0.1, -0.05) is 91.0 Å². The van der Waals surface area contributed by atoms with Crippen LogP contribution in [0, 0.1) is 0 Å². The fraction of sp³-hybridized carbons (Fsp3) is 0.0455. The van der Waals surface area contributed by atoms with E-state index in [4.69, 9.17) is 0 Å². The Morgan fingerprint density at radius 3 is 1.48 bits per heavy atom. The van der Waals surface area contributed by atoms with Crippen molar-refractivity contribution in [2.75, 3.05) is 0 Å². The van der Waals surface area contributed by atoms with Crippen molar-refractivity contribution in [3.63, 3.8) is 0 Å². The summed E-state index contributed by atoms with van der Waals surface area (Å²) in [4.78, 5) is 12.9. The highest BCUT2D eigenvalue weighted by Gasteiger charge is 2.40. The highest BCUT2D eigenvalue weighted by atomic mass is 16.4. The maximum atomic E-state index is 11.4. The molecule has 0 aliphatic rings. The summed E-state index contributed by atoms with van der Waals surface area (Å²) in [5.74, 6) is -1.11. The zero-order chi connectivity index (χ0) is 18.7. The summed E-state index contributed by atoms with van der Waals surface area (Å²) < 4.78 is 0. The Balaban J connectivity index is 2.10. The molecule has 0 unspecified atom stereocenters. The number of hydrogen-bond donors (Lipinski definition) is 1. The molecule has 0 saturated carbocycles. The number of hydrogen-bond acceptors (Lipinski definition) is 3. The SMILES string of the molecule is O=C(O)c1cnn(C(c2ccccc2)(c2ccccc2)c2ccccc2)n1. The van der Waals surface area contributed by atoms with Crippen molar-refractivity contribution in [1.29, 1.82) is 0 Å². The van der Waals surface area contributed by atoms with E-state index in [1.165, 1.54) is 11.0 Å². The first kappa shape index (κ1) is 16.7. The molecule has 0 spiro atoms. The van der Waals surface area contributed by atoms with Gasteiger partial charge in [-0.25, -0.2) is 4.79 Å². The van der Waals surface area contributed by atoms with Crippen LogP contribution in [0.1, 0.15) is 27.2 Å². The van der Waals surface area contributed by atoms with Gasteiger partial charge in [-0.2, -0.15) is 9.90 Å². The Labute approximate surface area is 156 Å². The molecule has 0 fully saturated rings. The molecule has 0 atom stereocenters. The largest absolute Gasteiger partial charge is 0.476 e. The Bertz CT molecular complexity index is 948. The van der Waals surface area contributed by atoms with Crippen LogP contribution in [0.3, 0.4) is 0 Å². The van der Waals surface area contributed by atoms with Gasteiger partial charge in [0.05, 0.1) is 6.20 Å². The fourth-order valence-electron chi connectivity index (χ4n) is 3.41. The molecular weight excluding hydrogens is 338 g/mol. The molecule has 5 nitrogen and oxygen atoms in total. The average Bonchev–Trinajstić information content (AvgIpc) is 3.22. The van der Waals surface area contributed by atoms with E-state index in [1.807, 2.05) is 91.0 Å². The van der Waals surface area contributed by atoms with E-state index < -0.39 is 11.5 Å². The number of carboxylic acid groups (broad SMARTS) is 1. The summed E-state index contributed by atoms with van der Waals surface area (Å²) >= 11 is 0. The second-order valence-electron chi connectivity index (χ2n) is 6.13. The van der Waals surface area contributed by atoms with Gasteiger partial charge in [-0.05, 0) is 16.7 Å². The van der Waals surface area contributed by atoms with E-state index in [2.05, 4.69) is 10.2 Å². The maximum absolute atomic E-state index is 11.4. The van der Waals surface area contributed by atoms with E-state index in [0.29, 0.717) is 0 Å².